The molecule has 0 atom stereocenters. The van der Waals surface area contributed by atoms with Crippen molar-refractivity contribution in [1.29, 1.82) is 0 Å². The molecule has 2 aromatic rings. The second-order valence-electron chi connectivity index (χ2n) is 5.13. The van der Waals surface area contributed by atoms with Crippen LogP contribution in [0.25, 0.3) is 11.8 Å². The lowest BCUT2D eigenvalue weighted by Crippen LogP contribution is -2.39. The van der Waals surface area contributed by atoms with E-state index in [0.29, 0.717) is 5.76 Å². The van der Waals surface area contributed by atoms with Crippen LogP contribution < -0.4 is 5.32 Å². The van der Waals surface area contributed by atoms with Crippen LogP contribution >= 0.6 is 11.8 Å². The standard InChI is InChI=1S/C18H16N2O3S/c1-19-17(21)20(2)18(22)23-14-11-12-7-3-5-9-15(12)24-16-10-6-4-8-13(14)16/h3-11H,1-2H3,(H,19,21). The zero-order valence-electron chi connectivity index (χ0n) is 13.3. The first-order chi connectivity index (χ1) is 11.6. The maximum Gasteiger partial charge on any atom is 0.423 e. The largest absolute Gasteiger partial charge is 0.423 e. The van der Waals surface area contributed by atoms with Crippen LogP contribution in [0.5, 0.6) is 0 Å². The minimum Gasteiger partial charge on any atom is -0.409 e. The maximum absolute atomic E-state index is 12.2. The van der Waals surface area contributed by atoms with E-state index in [-0.39, 0.29) is 0 Å². The Kier molecular flexibility index (Phi) is 4.57. The van der Waals surface area contributed by atoms with Crippen LogP contribution in [0, 0.1) is 0 Å². The van der Waals surface area contributed by atoms with Gasteiger partial charge in [-0.25, -0.2) is 14.5 Å². The van der Waals surface area contributed by atoms with Crippen molar-refractivity contribution in [2.45, 2.75) is 9.79 Å². The number of hydrogen-bond acceptors (Lipinski definition) is 4. The number of ether oxygens (including phenoxy) is 1. The maximum atomic E-state index is 12.2. The van der Waals surface area contributed by atoms with Gasteiger partial charge in [0, 0.05) is 29.4 Å². The molecule has 0 fully saturated rings. The summed E-state index contributed by atoms with van der Waals surface area (Å²) in [6.07, 6.45) is 1.09. The summed E-state index contributed by atoms with van der Waals surface area (Å²) in [5.41, 5.74) is 1.78. The van der Waals surface area contributed by atoms with E-state index in [2.05, 4.69) is 5.32 Å². The zero-order valence-corrected chi connectivity index (χ0v) is 14.1. The van der Waals surface area contributed by atoms with Gasteiger partial charge in [-0.3, -0.25) is 0 Å². The van der Waals surface area contributed by atoms with Crippen molar-refractivity contribution in [2.24, 2.45) is 0 Å². The van der Waals surface area contributed by atoms with Gasteiger partial charge >= 0.3 is 12.1 Å². The molecule has 3 rings (SSSR count). The quantitative estimate of drug-likeness (QED) is 0.850. The van der Waals surface area contributed by atoms with Gasteiger partial charge in [-0.05, 0) is 23.8 Å². The number of carbonyl (C=O) groups is 2. The number of nitrogens with zero attached hydrogens (tertiary/aromatic N) is 1. The average Bonchev–Trinajstić information content (AvgIpc) is 2.76. The number of nitrogens with one attached hydrogen (secondary N) is 1. The topological polar surface area (TPSA) is 58.6 Å². The van der Waals surface area contributed by atoms with Crippen LogP contribution in [-0.2, 0) is 4.74 Å². The van der Waals surface area contributed by atoms with Gasteiger partial charge in [-0.1, -0.05) is 48.2 Å². The molecule has 1 heterocycles. The number of carbonyl (C=O) groups excluding carboxylic acids is 2. The lowest BCUT2D eigenvalue weighted by atomic mass is 10.1. The highest BCUT2D eigenvalue weighted by Gasteiger charge is 2.22. The van der Waals surface area contributed by atoms with E-state index in [9.17, 15) is 9.59 Å². The van der Waals surface area contributed by atoms with E-state index in [1.54, 1.807) is 11.8 Å². The lowest BCUT2D eigenvalue weighted by molar-refractivity contribution is 0.155. The molecular weight excluding hydrogens is 324 g/mol. The number of benzene rings is 2. The first-order valence-electron chi connectivity index (χ1n) is 7.35. The summed E-state index contributed by atoms with van der Waals surface area (Å²) in [4.78, 5) is 26.8. The van der Waals surface area contributed by atoms with Gasteiger partial charge in [-0.15, -0.1) is 0 Å². The Morgan fingerprint density at radius 2 is 1.71 bits per heavy atom. The van der Waals surface area contributed by atoms with Crippen LogP contribution in [0.4, 0.5) is 9.59 Å². The highest BCUT2D eigenvalue weighted by atomic mass is 32.2. The molecular formula is C18H16N2O3S. The summed E-state index contributed by atoms with van der Waals surface area (Å²) in [6.45, 7) is 0. The van der Waals surface area contributed by atoms with E-state index in [1.165, 1.54) is 14.1 Å². The molecule has 1 aliphatic heterocycles. The summed E-state index contributed by atoms with van der Waals surface area (Å²) in [5, 5.41) is 2.39. The Morgan fingerprint density at radius 3 is 2.46 bits per heavy atom. The van der Waals surface area contributed by atoms with Crippen molar-refractivity contribution < 1.29 is 14.3 Å². The Morgan fingerprint density at radius 1 is 1.04 bits per heavy atom. The molecule has 3 amide bonds. The number of amides is 3. The third-order valence-electron chi connectivity index (χ3n) is 3.57. The van der Waals surface area contributed by atoms with E-state index < -0.39 is 12.1 Å². The Hall–Kier alpha value is -2.73. The molecule has 0 aromatic heterocycles. The minimum atomic E-state index is -0.736. The van der Waals surface area contributed by atoms with Crippen LogP contribution in [-0.4, -0.2) is 31.1 Å². The molecule has 0 radical (unpaired) electrons. The molecule has 0 unspecified atom stereocenters. The smallest absolute Gasteiger partial charge is 0.409 e. The fourth-order valence-electron chi connectivity index (χ4n) is 2.29. The summed E-state index contributed by atoms with van der Waals surface area (Å²) in [5.74, 6) is 0.420. The van der Waals surface area contributed by atoms with E-state index in [4.69, 9.17) is 4.74 Å². The number of hydrogen-bond donors (Lipinski definition) is 1. The van der Waals surface area contributed by atoms with Crippen molar-refractivity contribution in [3.05, 3.63) is 59.7 Å². The summed E-state index contributed by atoms with van der Waals surface area (Å²) in [7, 11) is 2.83. The monoisotopic (exact) mass is 340 g/mol. The van der Waals surface area contributed by atoms with Gasteiger partial charge < -0.3 is 10.1 Å². The van der Waals surface area contributed by atoms with Gasteiger partial charge in [0.1, 0.15) is 5.76 Å². The number of urea groups is 1. The van der Waals surface area contributed by atoms with Gasteiger partial charge in [0.25, 0.3) is 0 Å². The number of imide groups is 1. The molecule has 5 nitrogen and oxygen atoms in total. The number of fused-ring (bicyclic) bond motifs is 2. The summed E-state index contributed by atoms with van der Waals surface area (Å²) in [6, 6.07) is 15.1. The predicted octanol–water partition coefficient (Wildman–Crippen LogP) is 4.06. The molecule has 0 saturated heterocycles. The number of rotatable bonds is 1. The minimum absolute atomic E-state index is 0.420. The van der Waals surface area contributed by atoms with E-state index >= 15 is 0 Å². The normalized spacial score (nSPS) is 12.2. The molecule has 24 heavy (non-hydrogen) atoms. The van der Waals surface area contributed by atoms with Gasteiger partial charge in [-0.2, -0.15) is 0 Å². The molecule has 122 valence electrons. The fourth-order valence-corrected chi connectivity index (χ4v) is 3.34. The molecule has 1 aliphatic rings. The highest BCUT2D eigenvalue weighted by Crippen LogP contribution is 2.40. The Labute approximate surface area is 144 Å². The Bertz CT molecular complexity index is 833. The third-order valence-corrected chi connectivity index (χ3v) is 4.74. The lowest BCUT2D eigenvalue weighted by Gasteiger charge is -2.16. The van der Waals surface area contributed by atoms with Gasteiger partial charge in [0.15, 0.2) is 0 Å². The van der Waals surface area contributed by atoms with Crippen molar-refractivity contribution in [3.63, 3.8) is 0 Å². The highest BCUT2D eigenvalue weighted by molar-refractivity contribution is 7.99. The second kappa shape index (κ2) is 6.80. The van der Waals surface area contributed by atoms with Gasteiger partial charge in [0.05, 0.1) is 0 Å². The summed E-state index contributed by atoms with van der Waals surface area (Å²) >= 11 is 1.62. The fraction of sp³-hybridized carbons (Fsp3) is 0.111. The molecule has 0 spiro atoms. The first kappa shape index (κ1) is 16.1. The Balaban J connectivity index is 2.00. The third kappa shape index (κ3) is 3.14. The predicted molar refractivity (Wildman–Crippen MR) is 93.6 cm³/mol. The van der Waals surface area contributed by atoms with Crippen LogP contribution in [0.2, 0.25) is 0 Å². The van der Waals surface area contributed by atoms with Crippen LogP contribution in [0.1, 0.15) is 11.1 Å². The SMILES string of the molecule is CNC(=O)N(C)C(=O)OC1=Cc2ccccc2Sc2ccccc21. The molecule has 0 saturated carbocycles. The van der Waals surface area contributed by atoms with E-state index in [0.717, 1.165) is 25.8 Å². The first-order valence-corrected chi connectivity index (χ1v) is 8.17. The van der Waals surface area contributed by atoms with E-state index in [1.807, 2.05) is 54.6 Å². The van der Waals surface area contributed by atoms with Crippen LogP contribution in [0.3, 0.4) is 0 Å². The molecule has 0 bridgehead atoms. The van der Waals surface area contributed by atoms with Crippen molar-refractivity contribution in [2.75, 3.05) is 14.1 Å². The van der Waals surface area contributed by atoms with Crippen molar-refractivity contribution in [3.8, 4) is 0 Å². The second-order valence-corrected chi connectivity index (χ2v) is 6.21. The van der Waals surface area contributed by atoms with Gasteiger partial charge in [0.2, 0.25) is 0 Å². The molecule has 6 heteroatoms. The van der Waals surface area contributed by atoms with Crippen molar-refractivity contribution >= 4 is 35.7 Å². The average molecular weight is 340 g/mol. The molecule has 2 aromatic carbocycles. The molecule has 0 aliphatic carbocycles. The summed E-state index contributed by atoms with van der Waals surface area (Å²) < 4.78 is 5.51. The molecule has 1 N–H and O–H groups in total. The zero-order chi connectivity index (χ0) is 17.1. The van der Waals surface area contributed by atoms with Crippen molar-refractivity contribution in [1.82, 2.24) is 10.2 Å². The van der Waals surface area contributed by atoms with Crippen LogP contribution in [0.15, 0.2) is 58.3 Å².